The molecule has 6 heteroatoms. The van der Waals surface area contributed by atoms with E-state index in [0.29, 0.717) is 13.1 Å². The molecule has 0 saturated carbocycles. The van der Waals surface area contributed by atoms with Crippen LogP contribution in [0.15, 0.2) is 24.5 Å². The number of pyridine rings is 1. The summed E-state index contributed by atoms with van der Waals surface area (Å²) in [6.07, 6.45) is 3.46. The molecule has 0 spiro atoms. The van der Waals surface area contributed by atoms with Gasteiger partial charge in [0.15, 0.2) is 0 Å². The van der Waals surface area contributed by atoms with Gasteiger partial charge in [0.05, 0.1) is 0 Å². The van der Waals surface area contributed by atoms with Crippen molar-refractivity contribution in [2.45, 2.75) is 19.5 Å². The van der Waals surface area contributed by atoms with Crippen LogP contribution < -0.4 is 11.1 Å². The Morgan fingerprint density at radius 2 is 2.28 bits per heavy atom. The molecule has 0 aliphatic heterocycles. The number of carbonyl (C=O) groups is 2. The lowest BCUT2D eigenvalue weighted by atomic mass is 10.2. The van der Waals surface area contributed by atoms with Gasteiger partial charge in [-0.25, -0.2) is 0 Å². The third-order valence-electron chi connectivity index (χ3n) is 2.39. The molecule has 6 nitrogen and oxygen atoms in total. The second kappa shape index (κ2) is 6.70. The van der Waals surface area contributed by atoms with Gasteiger partial charge >= 0.3 is 0 Å². The van der Waals surface area contributed by atoms with E-state index in [1.165, 1.54) is 6.92 Å². The number of primary amides is 1. The van der Waals surface area contributed by atoms with Crippen LogP contribution in [-0.4, -0.2) is 41.3 Å². The van der Waals surface area contributed by atoms with Gasteiger partial charge in [-0.2, -0.15) is 0 Å². The predicted molar refractivity (Wildman–Crippen MR) is 67.4 cm³/mol. The summed E-state index contributed by atoms with van der Waals surface area (Å²) in [6, 6.07) is 3.12. The van der Waals surface area contributed by atoms with Crippen LogP contribution in [0, 0.1) is 0 Å². The fraction of sp³-hybridized carbons (Fsp3) is 0.417. The van der Waals surface area contributed by atoms with Crippen molar-refractivity contribution in [1.82, 2.24) is 15.2 Å². The molecular weight excluding hydrogens is 232 g/mol. The summed E-state index contributed by atoms with van der Waals surface area (Å²) in [5.74, 6) is -0.809. The molecule has 1 aromatic rings. The van der Waals surface area contributed by atoms with Crippen molar-refractivity contribution >= 4 is 11.8 Å². The lowest BCUT2D eigenvalue weighted by molar-refractivity contribution is -0.126. The smallest absolute Gasteiger partial charge is 0.241 e. The molecule has 0 saturated heterocycles. The van der Waals surface area contributed by atoms with Crippen LogP contribution in [0.25, 0.3) is 0 Å². The van der Waals surface area contributed by atoms with Crippen molar-refractivity contribution in [1.29, 1.82) is 0 Å². The quantitative estimate of drug-likeness (QED) is 0.712. The van der Waals surface area contributed by atoms with E-state index >= 15 is 0 Å². The van der Waals surface area contributed by atoms with Crippen LogP contribution in [-0.2, 0) is 16.1 Å². The van der Waals surface area contributed by atoms with E-state index in [-0.39, 0.29) is 5.91 Å². The monoisotopic (exact) mass is 250 g/mol. The number of amides is 2. The number of nitrogens with two attached hydrogens (primary N) is 1. The van der Waals surface area contributed by atoms with Crippen LogP contribution in [0.2, 0.25) is 0 Å². The van der Waals surface area contributed by atoms with Crippen LogP contribution in [0.1, 0.15) is 12.5 Å². The standard InChI is InChI=1S/C12H18N4O2/c1-9(17)15-11(12(13)18)8-16(2)7-10-4-3-5-14-6-10/h3-6,11H,7-8H2,1-2H3,(H2,13,18)(H,15,17). The van der Waals surface area contributed by atoms with Crippen molar-refractivity contribution in [3.63, 3.8) is 0 Å². The van der Waals surface area contributed by atoms with Crippen molar-refractivity contribution < 1.29 is 9.59 Å². The Morgan fingerprint density at radius 3 is 2.78 bits per heavy atom. The molecule has 1 heterocycles. The van der Waals surface area contributed by atoms with E-state index in [4.69, 9.17) is 5.73 Å². The minimum atomic E-state index is -0.677. The zero-order valence-corrected chi connectivity index (χ0v) is 10.6. The Hall–Kier alpha value is -1.95. The maximum Gasteiger partial charge on any atom is 0.241 e. The topological polar surface area (TPSA) is 88.3 Å². The minimum absolute atomic E-state index is 0.270. The van der Waals surface area contributed by atoms with Crippen molar-refractivity contribution in [2.24, 2.45) is 5.73 Å². The largest absolute Gasteiger partial charge is 0.368 e. The molecule has 0 aliphatic carbocycles. The zero-order valence-electron chi connectivity index (χ0n) is 10.6. The van der Waals surface area contributed by atoms with E-state index in [1.807, 2.05) is 24.1 Å². The molecule has 0 aromatic carbocycles. The summed E-state index contributed by atoms with van der Waals surface area (Å²) in [5.41, 5.74) is 6.27. The number of nitrogens with zero attached hydrogens (tertiary/aromatic N) is 2. The third-order valence-corrected chi connectivity index (χ3v) is 2.39. The molecule has 2 amide bonds. The molecule has 3 N–H and O–H groups in total. The van der Waals surface area contributed by atoms with Gasteiger partial charge in [0.25, 0.3) is 0 Å². The maximum absolute atomic E-state index is 11.2. The first kappa shape index (κ1) is 14.1. The molecule has 0 radical (unpaired) electrons. The summed E-state index contributed by atoms with van der Waals surface area (Å²) < 4.78 is 0. The lowest BCUT2D eigenvalue weighted by Gasteiger charge is -2.22. The fourth-order valence-electron chi connectivity index (χ4n) is 1.63. The Morgan fingerprint density at radius 1 is 1.56 bits per heavy atom. The first-order valence-electron chi connectivity index (χ1n) is 5.63. The maximum atomic E-state index is 11.2. The highest BCUT2D eigenvalue weighted by atomic mass is 16.2. The first-order chi connectivity index (χ1) is 8.49. The van der Waals surface area contributed by atoms with Gasteiger partial charge < -0.3 is 11.1 Å². The highest BCUT2D eigenvalue weighted by molar-refractivity contribution is 5.85. The molecular formula is C12H18N4O2. The van der Waals surface area contributed by atoms with Gasteiger partial charge in [0.1, 0.15) is 6.04 Å². The Kier molecular flexibility index (Phi) is 5.26. The number of aromatic nitrogens is 1. The number of hydrogen-bond acceptors (Lipinski definition) is 4. The number of rotatable bonds is 6. The molecule has 1 unspecified atom stereocenters. The average Bonchev–Trinajstić information content (AvgIpc) is 2.28. The van der Waals surface area contributed by atoms with Gasteiger partial charge in [-0.15, -0.1) is 0 Å². The van der Waals surface area contributed by atoms with Crippen molar-refractivity contribution in [3.8, 4) is 0 Å². The Balaban J connectivity index is 2.53. The summed E-state index contributed by atoms with van der Waals surface area (Å²) in [5, 5.41) is 2.53. The summed E-state index contributed by atoms with van der Waals surface area (Å²) in [6.45, 7) is 2.36. The SMILES string of the molecule is CC(=O)NC(CN(C)Cc1cccnc1)C(N)=O. The molecule has 1 rings (SSSR count). The highest BCUT2D eigenvalue weighted by Gasteiger charge is 2.18. The second-order valence-electron chi connectivity index (χ2n) is 4.21. The third kappa shape index (κ3) is 4.92. The number of hydrogen-bond donors (Lipinski definition) is 2. The fourth-order valence-corrected chi connectivity index (χ4v) is 1.63. The first-order valence-corrected chi connectivity index (χ1v) is 5.63. The molecule has 1 aromatic heterocycles. The van der Waals surface area contributed by atoms with Crippen molar-refractivity contribution in [2.75, 3.05) is 13.6 Å². The van der Waals surface area contributed by atoms with Gasteiger partial charge in [-0.3, -0.25) is 19.5 Å². The average molecular weight is 250 g/mol. The Labute approximate surface area is 106 Å². The van der Waals surface area contributed by atoms with Crippen LogP contribution in [0.3, 0.4) is 0 Å². The molecule has 0 aliphatic rings. The zero-order chi connectivity index (χ0) is 13.5. The van der Waals surface area contributed by atoms with E-state index < -0.39 is 11.9 Å². The summed E-state index contributed by atoms with van der Waals surface area (Å²) in [7, 11) is 1.85. The van der Waals surface area contributed by atoms with Gasteiger partial charge in [0, 0.05) is 32.4 Å². The minimum Gasteiger partial charge on any atom is -0.368 e. The van der Waals surface area contributed by atoms with Crippen LogP contribution in [0.5, 0.6) is 0 Å². The predicted octanol–water partition coefficient (Wildman–Crippen LogP) is -0.497. The van der Waals surface area contributed by atoms with E-state index in [1.54, 1.807) is 12.4 Å². The number of likely N-dealkylation sites (N-methyl/N-ethyl adjacent to an activating group) is 1. The normalized spacial score (nSPS) is 12.2. The summed E-state index contributed by atoms with van der Waals surface area (Å²) >= 11 is 0. The van der Waals surface area contributed by atoms with E-state index in [0.717, 1.165) is 5.56 Å². The van der Waals surface area contributed by atoms with Crippen molar-refractivity contribution in [3.05, 3.63) is 30.1 Å². The second-order valence-corrected chi connectivity index (χ2v) is 4.21. The Bertz CT molecular complexity index is 408. The molecule has 1 atom stereocenters. The van der Waals surface area contributed by atoms with Crippen LogP contribution in [0.4, 0.5) is 0 Å². The van der Waals surface area contributed by atoms with E-state index in [9.17, 15) is 9.59 Å². The lowest BCUT2D eigenvalue weighted by Crippen LogP contribution is -2.49. The van der Waals surface area contributed by atoms with Gasteiger partial charge in [-0.1, -0.05) is 6.07 Å². The van der Waals surface area contributed by atoms with E-state index in [2.05, 4.69) is 10.3 Å². The molecule has 98 valence electrons. The van der Waals surface area contributed by atoms with Gasteiger partial charge in [-0.05, 0) is 18.7 Å². The molecule has 18 heavy (non-hydrogen) atoms. The van der Waals surface area contributed by atoms with Gasteiger partial charge in [0.2, 0.25) is 11.8 Å². The molecule has 0 fully saturated rings. The summed E-state index contributed by atoms with van der Waals surface area (Å²) in [4.78, 5) is 28.1. The number of carbonyl (C=O) groups excluding carboxylic acids is 2. The highest BCUT2D eigenvalue weighted by Crippen LogP contribution is 2.01. The number of nitrogens with one attached hydrogen (secondary N) is 1. The molecule has 0 bridgehead atoms. The van der Waals surface area contributed by atoms with Crippen LogP contribution >= 0.6 is 0 Å².